The first kappa shape index (κ1) is 18.6. The van der Waals surface area contributed by atoms with Gasteiger partial charge in [-0.2, -0.15) is 0 Å². The van der Waals surface area contributed by atoms with E-state index in [1.54, 1.807) is 0 Å². The third-order valence-electron chi connectivity index (χ3n) is 2.64. The molecular weight excluding hydrogens is 360 g/mol. The fourth-order valence-electron chi connectivity index (χ4n) is 1.78. The molecule has 0 bridgehead atoms. The molecule has 0 fully saturated rings. The highest BCUT2D eigenvalue weighted by Gasteiger charge is 2.07. The van der Waals surface area contributed by atoms with Crippen LogP contribution in [0, 0.1) is 0 Å². The van der Waals surface area contributed by atoms with E-state index in [1.165, 1.54) is 0 Å². The minimum atomic E-state index is 0.472. The molecule has 0 radical (unpaired) electrons. The molecule has 0 unspecified atom stereocenters. The summed E-state index contributed by atoms with van der Waals surface area (Å²) in [7, 11) is 0. The average molecular weight is 380 g/mol. The molecule has 1 aromatic heterocycles. The normalized spacial score (nSPS) is 9.36. The molecule has 0 atom stereocenters. The Bertz CT molecular complexity index is 715. The second-order valence-electron chi connectivity index (χ2n) is 3.87. The van der Waals surface area contributed by atoms with Gasteiger partial charge in [0.15, 0.2) is 5.82 Å². The second-order valence-corrected chi connectivity index (χ2v) is 5.14. The molecule has 0 aliphatic rings. The van der Waals surface area contributed by atoms with E-state index in [4.69, 9.17) is 11.6 Å². The number of benzene rings is 2. The summed E-state index contributed by atoms with van der Waals surface area (Å²) in [6.07, 6.45) is 0. The summed E-state index contributed by atoms with van der Waals surface area (Å²) in [5, 5.41) is 1.32. The van der Waals surface area contributed by atoms with Crippen molar-refractivity contribution in [1.29, 1.82) is 0 Å². The summed E-state index contributed by atoms with van der Waals surface area (Å²) in [5.41, 5.74) is 1.81. The van der Waals surface area contributed by atoms with Gasteiger partial charge in [-0.1, -0.05) is 85.6 Å². The summed E-state index contributed by atoms with van der Waals surface area (Å²) in [6.45, 7) is 8.00. The summed E-state index contributed by atoms with van der Waals surface area (Å²) in [6, 6.07) is 15.6. The summed E-state index contributed by atoms with van der Waals surface area (Å²) < 4.78 is 0.966. The van der Waals surface area contributed by atoms with Crippen LogP contribution in [0.3, 0.4) is 0 Å². The lowest BCUT2D eigenvalue weighted by Gasteiger charge is -2.04. The lowest BCUT2D eigenvalue weighted by atomic mass is 10.2. The number of halogens is 2. The van der Waals surface area contributed by atoms with Crippen LogP contribution >= 0.6 is 27.5 Å². The number of rotatable bonds is 1. The predicted octanol–water partition coefficient (Wildman–Crippen LogP) is 6.77. The largest absolute Gasteiger partial charge is 0.228 e. The van der Waals surface area contributed by atoms with Crippen LogP contribution in [-0.2, 0) is 0 Å². The Hall–Kier alpha value is -1.45. The number of aromatic nitrogens is 2. The average Bonchev–Trinajstić information content (AvgIpc) is 2.60. The minimum Gasteiger partial charge on any atom is -0.228 e. The molecule has 0 amide bonds. The van der Waals surface area contributed by atoms with E-state index in [-0.39, 0.29) is 0 Å². The van der Waals surface area contributed by atoms with Crippen molar-refractivity contribution < 1.29 is 0 Å². The zero-order valence-corrected chi connectivity index (χ0v) is 15.6. The van der Waals surface area contributed by atoms with E-state index < -0.39 is 0 Å². The van der Waals surface area contributed by atoms with E-state index in [0.717, 1.165) is 20.9 Å². The fourth-order valence-corrected chi connectivity index (χ4v) is 2.37. The van der Waals surface area contributed by atoms with Gasteiger partial charge in [-0.05, 0) is 18.2 Å². The quantitative estimate of drug-likeness (QED) is 0.436. The van der Waals surface area contributed by atoms with Gasteiger partial charge in [0.05, 0.1) is 5.52 Å². The molecule has 0 aliphatic carbocycles. The second kappa shape index (κ2) is 9.54. The van der Waals surface area contributed by atoms with Crippen molar-refractivity contribution in [2.75, 3.05) is 0 Å². The van der Waals surface area contributed by atoms with Crippen LogP contribution in [0.2, 0.25) is 5.15 Å². The molecule has 2 nitrogen and oxygen atoms in total. The maximum atomic E-state index is 6.21. The third kappa shape index (κ3) is 4.52. The van der Waals surface area contributed by atoms with Gasteiger partial charge >= 0.3 is 0 Å². The highest BCUT2D eigenvalue weighted by atomic mass is 79.9. The Kier molecular flexibility index (Phi) is 8.07. The predicted molar refractivity (Wildman–Crippen MR) is 100 cm³/mol. The van der Waals surface area contributed by atoms with Crippen molar-refractivity contribution >= 4 is 38.4 Å². The smallest absolute Gasteiger partial charge is 0.161 e. The van der Waals surface area contributed by atoms with Gasteiger partial charge in [0.2, 0.25) is 0 Å². The van der Waals surface area contributed by atoms with Crippen molar-refractivity contribution in [2.45, 2.75) is 27.7 Å². The van der Waals surface area contributed by atoms with Gasteiger partial charge in [0.1, 0.15) is 5.15 Å². The third-order valence-corrected chi connectivity index (χ3v) is 3.42. The monoisotopic (exact) mass is 378 g/mol. The maximum absolute atomic E-state index is 6.21. The summed E-state index contributed by atoms with van der Waals surface area (Å²) >= 11 is 9.63. The molecule has 0 N–H and O–H groups in total. The molecule has 0 saturated carbocycles. The molecule has 0 spiro atoms. The Morgan fingerprint density at radius 3 is 2.14 bits per heavy atom. The summed E-state index contributed by atoms with van der Waals surface area (Å²) in [4.78, 5) is 8.88. The molecule has 1 heterocycles. The topological polar surface area (TPSA) is 25.8 Å². The molecule has 3 rings (SSSR count). The van der Waals surface area contributed by atoms with Gasteiger partial charge in [0.25, 0.3) is 0 Å². The van der Waals surface area contributed by atoms with Crippen LogP contribution in [-0.4, -0.2) is 9.97 Å². The molecule has 2 aromatic carbocycles. The lowest BCUT2D eigenvalue weighted by Crippen LogP contribution is -1.91. The van der Waals surface area contributed by atoms with Crippen molar-refractivity contribution in [3.8, 4) is 11.4 Å². The SMILES string of the molecule is CC.CC.Clc1nc(-c2ccccc2)nc2ccc(Br)cc12. The molecule has 4 heteroatoms. The first-order valence-corrected chi connectivity index (χ1v) is 8.59. The van der Waals surface area contributed by atoms with E-state index in [0.29, 0.717) is 11.0 Å². The maximum Gasteiger partial charge on any atom is 0.161 e. The summed E-state index contributed by atoms with van der Waals surface area (Å²) in [5.74, 6) is 0.649. The van der Waals surface area contributed by atoms with Gasteiger partial charge in [-0.3, -0.25) is 0 Å². The van der Waals surface area contributed by atoms with Crippen molar-refractivity contribution in [1.82, 2.24) is 9.97 Å². The molecule has 0 aliphatic heterocycles. The molecule has 0 saturated heterocycles. The lowest BCUT2D eigenvalue weighted by molar-refractivity contribution is 1.23. The number of fused-ring (bicyclic) bond motifs is 1. The molecule has 3 aromatic rings. The molecule has 22 heavy (non-hydrogen) atoms. The van der Waals surface area contributed by atoms with Crippen LogP contribution in [0.5, 0.6) is 0 Å². The van der Waals surface area contributed by atoms with Crippen LogP contribution in [0.15, 0.2) is 53.0 Å². The van der Waals surface area contributed by atoms with Crippen LogP contribution in [0.4, 0.5) is 0 Å². The number of nitrogens with zero attached hydrogens (tertiary/aromatic N) is 2. The minimum absolute atomic E-state index is 0.472. The Morgan fingerprint density at radius 2 is 1.50 bits per heavy atom. The van der Waals surface area contributed by atoms with E-state index in [1.807, 2.05) is 76.2 Å². The fraction of sp³-hybridized carbons (Fsp3) is 0.222. The standard InChI is InChI=1S/C14H8BrClN2.2C2H6/c15-10-6-7-12-11(8-10)13(16)18-14(17-12)9-4-2-1-3-5-9;2*1-2/h1-8H;2*1-2H3. The Morgan fingerprint density at radius 1 is 0.864 bits per heavy atom. The van der Waals surface area contributed by atoms with Crippen molar-refractivity contribution in [2.24, 2.45) is 0 Å². The Balaban J connectivity index is 0.000000561. The van der Waals surface area contributed by atoms with Gasteiger partial charge < -0.3 is 0 Å². The first-order chi connectivity index (χ1) is 10.7. The highest BCUT2D eigenvalue weighted by molar-refractivity contribution is 9.10. The zero-order chi connectivity index (χ0) is 16.5. The van der Waals surface area contributed by atoms with Gasteiger partial charge in [-0.25, -0.2) is 9.97 Å². The molecular formula is C18H20BrClN2. The number of hydrogen-bond donors (Lipinski definition) is 0. The van der Waals surface area contributed by atoms with Crippen LogP contribution < -0.4 is 0 Å². The van der Waals surface area contributed by atoms with Gasteiger partial charge in [-0.15, -0.1) is 0 Å². The Labute approximate surface area is 145 Å². The zero-order valence-electron chi connectivity index (χ0n) is 13.3. The van der Waals surface area contributed by atoms with Crippen molar-refractivity contribution in [3.63, 3.8) is 0 Å². The van der Waals surface area contributed by atoms with Crippen LogP contribution in [0.25, 0.3) is 22.3 Å². The van der Waals surface area contributed by atoms with E-state index in [9.17, 15) is 0 Å². The number of hydrogen-bond acceptors (Lipinski definition) is 2. The highest BCUT2D eigenvalue weighted by Crippen LogP contribution is 2.26. The first-order valence-electron chi connectivity index (χ1n) is 7.42. The molecule has 116 valence electrons. The van der Waals surface area contributed by atoms with E-state index in [2.05, 4.69) is 25.9 Å². The van der Waals surface area contributed by atoms with Gasteiger partial charge in [0, 0.05) is 15.4 Å². The van der Waals surface area contributed by atoms with E-state index >= 15 is 0 Å². The van der Waals surface area contributed by atoms with Crippen molar-refractivity contribution in [3.05, 3.63) is 58.2 Å². The van der Waals surface area contributed by atoms with Crippen LogP contribution in [0.1, 0.15) is 27.7 Å².